The first-order valence-corrected chi connectivity index (χ1v) is 3.08. The van der Waals surface area contributed by atoms with E-state index >= 15 is 0 Å². The van der Waals surface area contributed by atoms with Crippen molar-refractivity contribution in [2.24, 2.45) is 0 Å². The standard InChI is InChI=1S/C6H16NO2.FH/c1-5(8)7(3,4)6(2)9;/h5-6,8-9H,1-4H3;1H/q+1;/p-1. The Kier molecular flexibility index (Phi) is 4.81. The van der Waals surface area contributed by atoms with E-state index in [-0.39, 0.29) is 9.19 Å². The fourth-order valence-corrected chi connectivity index (χ4v) is 0.312. The third kappa shape index (κ3) is 2.60. The van der Waals surface area contributed by atoms with Gasteiger partial charge in [0.1, 0.15) is 0 Å². The van der Waals surface area contributed by atoms with Crippen LogP contribution in [0.4, 0.5) is 0 Å². The second-order valence-electron chi connectivity index (χ2n) is 2.89. The molecule has 0 saturated carbocycles. The topological polar surface area (TPSA) is 40.5 Å². The van der Waals surface area contributed by atoms with Crippen LogP contribution in [0, 0.1) is 0 Å². The fraction of sp³-hybridized carbons (Fsp3) is 1.00. The molecule has 0 aromatic rings. The highest BCUT2D eigenvalue weighted by atomic mass is 19.0. The molecule has 3 nitrogen and oxygen atoms in total. The van der Waals surface area contributed by atoms with E-state index in [1.807, 2.05) is 0 Å². The average molecular weight is 153 g/mol. The van der Waals surface area contributed by atoms with Gasteiger partial charge in [0.2, 0.25) is 0 Å². The highest BCUT2D eigenvalue weighted by Crippen LogP contribution is 2.07. The summed E-state index contributed by atoms with van der Waals surface area (Å²) in [5, 5.41) is 18.1. The Labute approximate surface area is 60.9 Å². The molecule has 0 rings (SSSR count). The second kappa shape index (κ2) is 3.85. The maximum atomic E-state index is 9.06. The molecule has 0 aliphatic carbocycles. The molecule has 64 valence electrons. The van der Waals surface area contributed by atoms with Gasteiger partial charge in [0, 0.05) is 13.8 Å². The van der Waals surface area contributed by atoms with E-state index in [9.17, 15) is 0 Å². The Hall–Kier alpha value is -0.190. The molecule has 0 fully saturated rings. The van der Waals surface area contributed by atoms with Crippen molar-refractivity contribution in [3.63, 3.8) is 0 Å². The van der Waals surface area contributed by atoms with Gasteiger partial charge in [-0.25, -0.2) is 0 Å². The number of quaternary nitrogens is 1. The van der Waals surface area contributed by atoms with Gasteiger partial charge in [-0.3, -0.25) is 4.48 Å². The van der Waals surface area contributed by atoms with Crippen LogP contribution in [-0.4, -0.2) is 41.2 Å². The van der Waals surface area contributed by atoms with Crippen LogP contribution in [0.25, 0.3) is 0 Å². The zero-order valence-corrected chi connectivity index (χ0v) is 6.87. The van der Waals surface area contributed by atoms with Gasteiger partial charge in [-0.2, -0.15) is 0 Å². The Morgan fingerprint density at radius 3 is 1.20 bits per heavy atom. The van der Waals surface area contributed by atoms with E-state index in [0.717, 1.165) is 0 Å². The monoisotopic (exact) mass is 153 g/mol. The first-order chi connectivity index (χ1) is 3.89. The van der Waals surface area contributed by atoms with Crippen molar-refractivity contribution in [1.29, 1.82) is 0 Å². The lowest BCUT2D eigenvalue weighted by Crippen LogP contribution is -3.00. The largest absolute Gasteiger partial charge is 1.00 e. The number of nitrogens with zero attached hydrogens (tertiary/aromatic N) is 1. The molecule has 2 atom stereocenters. The summed E-state index contributed by atoms with van der Waals surface area (Å²) in [6, 6.07) is 0. The van der Waals surface area contributed by atoms with Gasteiger partial charge in [-0.15, -0.1) is 0 Å². The van der Waals surface area contributed by atoms with Crippen LogP contribution in [0.15, 0.2) is 0 Å². The molecular weight excluding hydrogens is 137 g/mol. The molecule has 0 bridgehead atoms. The van der Waals surface area contributed by atoms with Crippen molar-refractivity contribution in [3.05, 3.63) is 0 Å². The molecular formula is C6H16FNO2. The Balaban J connectivity index is 0. The van der Waals surface area contributed by atoms with Crippen LogP contribution < -0.4 is 4.70 Å². The minimum atomic E-state index is -0.523. The van der Waals surface area contributed by atoms with Crippen molar-refractivity contribution < 1.29 is 19.4 Å². The van der Waals surface area contributed by atoms with Crippen LogP contribution in [0.2, 0.25) is 0 Å². The molecule has 0 radical (unpaired) electrons. The predicted octanol–water partition coefficient (Wildman–Crippen LogP) is -3.26. The van der Waals surface area contributed by atoms with Gasteiger partial charge in [0.25, 0.3) is 0 Å². The van der Waals surface area contributed by atoms with Crippen LogP contribution in [0.5, 0.6) is 0 Å². The molecule has 0 aliphatic rings. The first kappa shape index (κ1) is 12.5. The lowest BCUT2D eigenvalue weighted by molar-refractivity contribution is -0.974. The van der Waals surface area contributed by atoms with Gasteiger partial charge in [-0.1, -0.05) is 0 Å². The van der Waals surface area contributed by atoms with E-state index < -0.39 is 12.5 Å². The van der Waals surface area contributed by atoms with Crippen molar-refractivity contribution in [2.45, 2.75) is 26.3 Å². The van der Waals surface area contributed by atoms with Crippen LogP contribution in [-0.2, 0) is 0 Å². The quantitative estimate of drug-likeness (QED) is 0.323. The number of aliphatic hydroxyl groups excluding tert-OH is 2. The predicted molar refractivity (Wildman–Crippen MR) is 35.5 cm³/mol. The molecule has 0 heterocycles. The van der Waals surface area contributed by atoms with E-state index in [2.05, 4.69) is 0 Å². The summed E-state index contributed by atoms with van der Waals surface area (Å²) in [7, 11) is 3.55. The number of halogens is 1. The van der Waals surface area contributed by atoms with E-state index in [0.29, 0.717) is 0 Å². The molecule has 4 heteroatoms. The highest BCUT2D eigenvalue weighted by Gasteiger charge is 2.26. The minimum Gasteiger partial charge on any atom is -1.00 e. The summed E-state index contributed by atoms with van der Waals surface area (Å²) in [6.07, 6.45) is -1.05. The summed E-state index contributed by atoms with van der Waals surface area (Å²) < 4.78 is 0.222. The lowest BCUT2D eigenvalue weighted by Gasteiger charge is -2.35. The molecule has 0 aromatic carbocycles. The maximum absolute atomic E-state index is 9.06. The Bertz CT molecular complexity index is 83.7. The minimum absolute atomic E-state index is 0. The van der Waals surface area contributed by atoms with Gasteiger partial charge in [-0.05, 0) is 0 Å². The van der Waals surface area contributed by atoms with Crippen molar-refractivity contribution >= 4 is 0 Å². The zero-order valence-electron chi connectivity index (χ0n) is 6.87. The van der Waals surface area contributed by atoms with Crippen molar-refractivity contribution in [3.8, 4) is 0 Å². The molecule has 2 N–H and O–H groups in total. The second-order valence-corrected chi connectivity index (χ2v) is 2.89. The van der Waals surface area contributed by atoms with Crippen LogP contribution in [0.1, 0.15) is 13.8 Å². The van der Waals surface area contributed by atoms with Gasteiger partial charge in [0.15, 0.2) is 12.5 Å². The molecule has 2 unspecified atom stereocenters. The third-order valence-corrected chi connectivity index (χ3v) is 1.93. The maximum Gasteiger partial charge on any atom is 0.189 e. The van der Waals surface area contributed by atoms with E-state index in [1.165, 1.54) is 0 Å². The SMILES string of the molecule is CC(O)[N+](C)(C)C(C)O.[F-]. The number of hydrogen-bond acceptors (Lipinski definition) is 2. The summed E-state index contributed by atoms with van der Waals surface area (Å²) in [6.45, 7) is 3.32. The van der Waals surface area contributed by atoms with Gasteiger partial charge < -0.3 is 14.9 Å². The Morgan fingerprint density at radius 1 is 1.00 bits per heavy atom. The number of hydrogen-bond donors (Lipinski definition) is 2. The zero-order chi connectivity index (χ0) is 7.65. The van der Waals surface area contributed by atoms with Gasteiger partial charge >= 0.3 is 0 Å². The van der Waals surface area contributed by atoms with E-state index in [1.54, 1.807) is 27.9 Å². The molecule has 0 amide bonds. The highest BCUT2D eigenvalue weighted by molar-refractivity contribution is 4.31. The molecule has 10 heavy (non-hydrogen) atoms. The molecule has 0 aromatic heterocycles. The summed E-state index contributed by atoms with van der Waals surface area (Å²) >= 11 is 0. The van der Waals surface area contributed by atoms with E-state index in [4.69, 9.17) is 10.2 Å². The molecule has 0 saturated heterocycles. The first-order valence-electron chi connectivity index (χ1n) is 3.08. The van der Waals surface area contributed by atoms with Gasteiger partial charge in [0.05, 0.1) is 14.1 Å². The van der Waals surface area contributed by atoms with Crippen LogP contribution in [0.3, 0.4) is 0 Å². The normalized spacial score (nSPS) is 17.4. The smallest absolute Gasteiger partial charge is 0.189 e. The third-order valence-electron chi connectivity index (χ3n) is 1.93. The Morgan fingerprint density at radius 2 is 1.20 bits per heavy atom. The summed E-state index contributed by atoms with van der Waals surface area (Å²) in [4.78, 5) is 0. The van der Waals surface area contributed by atoms with Crippen LogP contribution >= 0.6 is 0 Å². The average Bonchev–Trinajstić information content (AvgIpc) is 1.65. The van der Waals surface area contributed by atoms with Crippen molar-refractivity contribution in [1.82, 2.24) is 0 Å². The summed E-state index contributed by atoms with van der Waals surface area (Å²) in [5.41, 5.74) is 0. The number of aliphatic hydroxyl groups is 2. The summed E-state index contributed by atoms with van der Waals surface area (Å²) in [5.74, 6) is 0. The molecule has 0 spiro atoms. The molecule has 0 aliphatic heterocycles. The fourth-order valence-electron chi connectivity index (χ4n) is 0.312. The van der Waals surface area contributed by atoms with Crippen molar-refractivity contribution in [2.75, 3.05) is 14.1 Å². The number of rotatable bonds is 2. The lowest BCUT2D eigenvalue weighted by atomic mass is 10.4.